The van der Waals surface area contributed by atoms with Gasteiger partial charge in [-0.1, -0.05) is 38.8 Å². The van der Waals surface area contributed by atoms with E-state index in [1.165, 1.54) is 12.1 Å². The van der Waals surface area contributed by atoms with Crippen LogP contribution < -0.4 is 5.32 Å². The van der Waals surface area contributed by atoms with E-state index < -0.39 is 11.7 Å². The SMILES string of the molecule is CCCC(CCC)C(NC)c1ccc(C(F)(F)F)cc1. The molecule has 0 amide bonds. The molecule has 1 unspecified atom stereocenters. The molecule has 1 aromatic rings. The van der Waals surface area contributed by atoms with Crippen molar-refractivity contribution in [2.24, 2.45) is 5.92 Å². The van der Waals surface area contributed by atoms with Crippen LogP contribution in [-0.4, -0.2) is 7.05 Å². The average molecular weight is 287 g/mol. The van der Waals surface area contributed by atoms with Crippen molar-refractivity contribution < 1.29 is 13.2 Å². The van der Waals surface area contributed by atoms with Gasteiger partial charge in [0.25, 0.3) is 0 Å². The van der Waals surface area contributed by atoms with E-state index in [-0.39, 0.29) is 6.04 Å². The molecule has 0 heterocycles. The van der Waals surface area contributed by atoms with Gasteiger partial charge >= 0.3 is 6.18 Å². The van der Waals surface area contributed by atoms with E-state index in [1.807, 2.05) is 7.05 Å². The summed E-state index contributed by atoms with van der Waals surface area (Å²) in [5.74, 6) is 0.465. The van der Waals surface area contributed by atoms with E-state index in [4.69, 9.17) is 0 Å². The molecule has 114 valence electrons. The predicted octanol–water partition coefficient (Wildman–Crippen LogP) is 5.18. The number of benzene rings is 1. The Morgan fingerprint density at radius 2 is 1.50 bits per heavy atom. The van der Waals surface area contributed by atoms with Crippen molar-refractivity contribution in [3.63, 3.8) is 0 Å². The first-order chi connectivity index (χ1) is 9.43. The maximum absolute atomic E-state index is 12.6. The van der Waals surface area contributed by atoms with Gasteiger partial charge in [-0.3, -0.25) is 0 Å². The van der Waals surface area contributed by atoms with Crippen LogP contribution in [0, 0.1) is 5.92 Å². The largest absolute Gasteiger partial charge is 0.416 e. The highest BCUT2D eigenvalue weighted by Gasteiger charge is 2.30. The second kappa shape index (κ2) is 7.67. The minimum Gasteiger partial charge on any atom is -0.313 e. The molecule has 1 aromatic carbocycles. The zero-order chi connectivity index (χ0) is 15.2. The molecule has 0 fully saturated rings. The van der Waals surface area contributed by atoms with Gasteiger partial charge in [0.2, 0.25) is 0 Å². The molecule has 20 heavy (non-hydrogen) atoms. The molecule has 0 aliphatic heterocycles. The quantitative estimate of drug-likeness (QED) is 0.728. The number of nitrogens with one attached hydrogen (secondary N) is 1. The average Bonchev–Trinajstić information content (AvgIpc) is 2.39. The molecule has 0 aromatic heterocycles. The van der Waals surface area contributed by atoms with Gasteiger partial charge in [-0.15, -0.1) is 0 Å². The van der Waals surface area contributed by atoms with Gasteiger partial charge < -0.3 is 5.32 Å². The standard InChI is InChI=1S/C16H24F3N/c1-4-6-12(7-5-2)15(20-3)13-8-10-14(11-9-13)16(17,18)19/h8-12,15,20H,4-7H2,1-3H3. The zero-order valence-corrected chi connectivity index (χ0v) is 12.4. The highest BCUT2D eigenvalue weighted by Crippen LogP contribution is 2.33. The van der Waals surface area contributed by atoms with Crippen LogP contribution in [0.1, 0.15) is 56.7 Å². The first kappa shape index (κ1) is 17.0. The molecule has 1 atom stereocenters. The summed E-state index contributed by atoms with van der Waals surface area (Å²) in [5, 5.41) is 3.27. The minimum absolute atomic E-state index is 0.122. The fraction of sp³-hybridized carbons (Fsp3) is 0.625. The van der Waals surface area contributed by atoms with E-state index in [0.29, 0.717) is 5.92 Å². The van der Waals surface area contributed by atoms with E-state index in [0.717, 1.165) is 31.2 Å². The Kier molecular flexibility index (Phi) is 6.53. The molecule has 0 saturated heterocycles. The Hall–Kier alpha value is -1.03. The Morgan fingerprint density at radius 3 is 1.85 bits per heavy atom. The van der Waals surface area contributed by atoms with Crippen molar-refractivity contribution in [3.05, 3.63) is 35.4 Å². The molecule has 0 aliphatic rings. The van der Waals surface area contributed by atoms with Crippen LogP contribution in [-0.2, 0) is 6.18 Å². The van der Waals surface area contributed by atoms with Crippen LogP contribution in [0.4, 0.5) is 13.2 Å². The van der Waals surface area contributed by atoms with Crippen LogP contribution in [0.25, 0.3) is 0 Å². The van der Waals surface area contributed by atoms with E-state index in [1.54, 1.807) is 12.1 Å². The van der Waals surface area contributed by atoms with Crippen LogP contribution in [0.2, 0.25) is 0 Å². The third-order valence-corrected chi connectivity index (χ3v) is 3.70. The third-order valence-electron chi connectivity index (χ3n) is 3.70. The Balaban J connectivity index is 2.93. The van der Waals surface area contributed by atoms with E-state index >= 15 is 0 Å². The van der Waals surface area contributed by atoms with Gasteiger partial charge in [0.05, 0.1) is 5.56 Å². The molecule has 0 bridgehead atoms. The van der Waals surface area contributed by atoms with Crippen molar-refractivity contribution >= 4 is 0 Å². The van der Waals surface area contributed by atoms with Gasteiger partial charge in [0, 0.05) is 6.04 Å². The van der Waals surface area contributed by atoms with Gasteiger partial charge in [0.15, 0.2) is 0 Å². The predicted molar refractivity (Wildman–Crippen MR) is 76.6 cm³/mol. The lowest BCUT2D eigenvalue weighted by atomic mass is 9.86. The summed E-state index contributed by atoms with van der Waals surface area (Å²) in [7, 11) is 1.88. The van der Waals surface area contributed by atoms with Crippen LogP contribution in [0.15, 0.2) is 24.3 Å². The summed E-state index contributed by atoms with van der Waals surface area (Å²) in [6, 6.07) is 5.67. The fourth-order valence-electron chi connectivity index (χ4n) is 2.77. The third kappa shape index (κ3) is 4.51. The van der Waals surface area contributed by atoms with E-state index in [9.17, 15) is 13.2 Å². The lowest BCUT2D eigenvalue weighted by Gasteiger charge is -2.27. The van der Waals surface area contributed by atoms with Crippen LogP contribution in [0.3, 0.4) is 0 Å². The maximum atomic E-state index is 12.6. The zero-order valence-electron chi connectivity index (χ0n) is 12.4. The number of hydrogen-bond donors (Lipinski definition) is 1. The highest BCUT2D eigenvalue weighted by atomic mass is 19.4. The monoisotopic (exact) mass is 287 g/mol. The summed E-state index contributed by atoms with van der Waals surface area (Å²) in [5.41, 5.74) is 0.353. The molecular formula is C16H24F3N. The molecule has 1 N–H and O–H groups in total. The highest BCUT2D eigenvalue weighted by molar-refractivity contribution is 5.27. The molecule has 0 radical (unpaired) electrons. The number of rotatable bonds is 7. The second-order valence-electron chi connectivity index (χ2n) is 5.22. The number of halogens is 3. The fourth-order valence-corrected chi connectivity index (χ4v) is 2.77. The first-order valence-corrected chi connectivity index (χ1v) is 7.28. The molecule has 1 rings (SSSR count). The van der Waals surface area contributed by atoms with Crippen molar-refractivity contribution in [3.8, 4) is 0 Å². The van der Waals surface area contributed by atoms with Crippen molar-refractivity contribution in [2.45, 2.75) is 51.7 Å². The Morgan fingerprint density at radius 1 is 1.00 bits per heavy atom. The van der Waals surface area contributed by atoms with Gasteiger partial charge in [-0.25, -0.2) is 0 Å². The molecule has 0 spiro atoms. The topological polar surface area (TPSA) is 12.0 Å². The second-order valence-corrected chi connectivity index (χ2v) is 5.22. The maximum Gasteiger partial charge on any atom is 0.416 e. The molecular weight excluding hydrogens is 263 g/mol. The number of alkyl halides is 3. The Bertz CT molecular complexity index is 378. The minimum atomic E-state index is -4.26. The first-order valence-electron chi connectivity index (χ1n) is 7.28. The summed E-state index contributed by atoms with van der Waals surface area (Å²) < 4.78 is 37.8. The van der Waals surface area contributed by atoms with Crippen LogP contribution in [0.5, 0.6) is 0 Å². The van der Waals surface area contributed by atoms with Crippen molar-refractivity contribution in [1.29, 1.82) is 0 Å². The van der Waals surface area contributed by atoms with Gasteiger partial charge in [0.1, 0.15) is 0 Å². The summed E-state index contributed by atoms with van der Waals surface area (Å²) >= 11 is 0. The van der Waals surface area contributed by atoms with Crippen LogP contribution >= 0.6 is 0 Å². The lowest BCUT2D eigenvalue weighted by Crippen LogP contribution is -2.25. The van der Waals surface area contributed by atoms with Gasteiger partial charge in [-0.05, 0) is 43.5 Å². The smallest absolute Gasteiger partial charge is 0.313 e. The molecule has 0 aliphatic carbocycles. The summed E-state index contributed by atoms with van der Waals surface area (Å²) in [4.78, 5) is 0. The molecule has 1 nitrogen and oxygen atoms in total. The molecule has 4 heteroatoms. The van der Waals surface area contributed by atoms with Crippen molar-refractivity contribution in [1.82, 2.24) is 5.32 Å². The normalized spacial score (nSPS) is 13.8. The summed E-state index contributed by atoms with van der Waals surface area (Å²) in [6.07, 6.45) is 0.0770. The molecule has 0 saturated carbocycles. The lowest BCUT2D eigenvalue weighted by molar-refractivity contribution is -0.137. The van der Waals surface area contributed by atoms with E-state index in [2.05, 4.69) is 19.2 Å². The van der Waals surface area contributed by atoms with Crippen molar-refractivity contribution in [2.75, 3.05) is 7.05 Å². The number of hydrogen-bond acceptors (Lipinski definition) is 1. The Labute approximate surface area is 119 Å². The summed E-state index contributed by atoms with van der Waals surface area (Å²) in [6.45, 7) is 4.28. The van der Waals surface area contributed by atoms with Gasteiger partial charge in [-0.2, -0.15) is 13.2 Å².